The fraction of sp³-hybridized carbons (Fsp3) is 0.565. The van der Waals surface area contributed by atoms with Gasteiger partial charge in [-0.05, 0) is 177 Å². The van der Waals surface area contributed by atoms with Crippen LogP contribution in [-0.2, 0) is 30.4 Å². The molecule has 4 aromatic rings. The molecule has 438 valence electrons. The number of benzene rings is 3. The second-order valence-corrected chi connectivity index (χ2v) is 28.1. The molecular formula is C69H87N3O8S2. The Hall–Kier alpha value is -4.62. The van der Waals surface area contributed by atoms with Crippen LogP contribution in [0, 0.1) is 70.5 Å². The number of allylic oxidation sites excluding steroid dienone is 3. The molecule has 1 aromatic heterocycles. The summed E-state index contributed by atoms with van der Waals surface area (Å²) in [7, 11) is 3.28. The molecule has 3 fully saturated rings. The number of aliphatic hydroxyl groups excluding tert-OH is 5. The van der Waals surface area contributed by atoms with Gasteiger partial charge in [0.1, 0.15) is 11.9 Å². The maximum atomic E-state index is 13.1. The van der Waals surface area contributed by atoms with Crippen LogP contribution in [0.25, 0.3) is 0 Å². The summed E-state index contributed by atoms with van der Waals surface area (Å²) >= 11 is 0. The number of H-pyrrole nitrogens is 1. The van der Waals surface area contributed by atoms with E-state index in [-0.39, 0.29) is 78.8 Å². The molecule has 3 aromatic carbocycles. The molecule has 12 rings (SSSR count). The van der Waals surface area contributed by atoms with Gasteiger partial charge in [0.25, 0.3) is 0 Å². The normalized spacial score (nSPS) is 35.7. The van der Waals surface area contributed by atoms with Crippen LogP contribution in [0.2, 0.25) is 0 Å². The van der Waals surface area contributed by atoms with Gasteiger partial charge in [-0.2, -0.15) is 0 Å². The predicted octanol–water partition coefficient (Wildman–Crippen LogP) is 10.3. The van der Waals surface area contributed by atoms with Crippen molar-refractivity contribution in [2.45, 2.75) is 146 Å². The molecule has 13 heteroatoms. The Balaban J connectivity index is 0.943. The van der Waals surface area contributed by atoms with Crippen molar-refractivity contribution in [3.8, 4) is 23.3 Å². The molecule has 0 radical (unpaired) electrons. The van der Waals surface area contributed by atoms with Crippen LogP contribution in [0.4, 0.5) is 0 Å². The quantitative estimate of drug-likeness (QED) is 0.0415. The van der Waals surface area contributed by atoms with E-state index in [9.17, 15) is 30.6 Å². The minimum Gasteiger partial charge on any atom is -0.504 e. The van der Waals surface area contributed by atoms with E-state index in [2.05, 4.69) is 102 Å². The second kappa shape index (κ2) is 25.5. The fourth-order valence-corrected chi connectivity index (χ4v) is 19.8. The molecule has 2 saturated carbocycles. The van der Waals surface area contributed by atoms with Crippen molar-refractivity contribution in [1.82, 2.24) is 10.3 Å². The van der Waals surface area contributed by atoms with Gasteiger partial charge in [0, 0.05) is 77.1 Å². The van der Waals surface area contributed by atoms with Gasteiger partial charge in [-0.15, -0.1) is 0 Å². The van der Waals surface area contributed by atoms with Crippen molar-refractivity contribution in [3.63, 3.8) is 0 Å². The maximum absolute atomic E-state index is 13.1. The summed E-state index contributed by atoms with van der Waals surface area (Å²) < 4.78 is 13.7. The molecule has 1 saturated heterocycles. The lowest BCUT2D eigenvalue weighted by Gasteiger charge is -2.59. The third-order valence-electron chi connectivity index (χ3n) is 21.2. The summed E-state index contributed by atoms with van der Waals surface area (Å²) in [5.74, 6) is 10.3. The average molecular weight is 1150 g/mol. The molecule has 2 aliphatic heterocycles. The molecule has 11 nitrogen and oxygen atoms in total. The molecular weight excluding hydrogens is 1060 g/mol. The highest BCUT2D eigenvalue weighted by molar-refractivity contribution is 8.76. The zero-order valence-electron chi connectivity index (χ0n) is 47.7. The van der Waals surface area contributed by atoms with Gasteiger partial charge < -0.3 is 56.1 Å². The van der Waals surface area contributed by atoms with Crippen LogP contribution in [0.15, 0.2) is 120 Å². The Morgan fingerprint density at radius 1 is 0.841 bits per heavy atom. The minimum absolute atomic E-state index is 0.000900. The van der Waals surface area contributed by atoms with Crippen LogP contribution < -0.4 is 15.8 Å². The first-order valence-electron chi connectivity index (χ1n) is 31.1. The second-order valence-electron chi connectivity index (χ2n) is 25.6. The highest BCUT2D eigenvalue weighted by Crippen LogP contribution is 2.63. The number of aromatic hydroxyl groups is 1. The third-order valence-corrected chi connectivity index (χ3v) is 23.6. The van der Waals surface area contributed by atoms with Gasteiger partial charge in [-0.3, -0.25) is 0 Å². The third kappa shape index (κ3) is 11.6. The van der Waals surface area contributed by atoms with E-state index < -0.39 is 35.7 Å². The van der Waals surface area contributed by atoms with Crippen molar-refractivity contribution >= 4 is 21.6 Å². The van der Waals surface area contributed by atoms with Crippen molar-refractivity contribution in [2.75, 3.05) is 37.9 Å². The van der Waals surface area contributed by atoms with Crippen LogP contribution in [-0.4, -0.2) is 104 Å². The summed E-state index contributed by atoms with van der Waals surface area (Å²) in [6, 6.07) is 28.2. The molecule has 6 aliphatic carbocycles. The van der Waals surface area contributed by atoms with Crippen LogP contribution >= 0.6 is 21.6 Å². The lowest BCUT2D eigenvalue weighted by Crippen LogP contribution is -2.56. The van der Waals surface area contributed by atoms with Crippen LogP contribution in [0.5, 0.6) is 11.5 Å². The molecule has 0 bridgehead atoms. The van der Waals surface area contributed by atoms with E-state index in [0.29, 0.717) is 67.3 Å². The predicted molar refractivity (Wildman–Crippen MR) is 327 cm³/mol. The van der Waals surface area contributed by atoms with Crippen molar-refractivity contribution in [2.24, 2.45) is 64.4 Å². The van der Waals surface area contributed by atoms with Gasteiger partial charge >= 0.3 is 0 Å². The molecule has 0 amide bonds. The SMILES string of the molecule is CCC1Cc2cc(O)c(OC3CC(Cc4ccc[nH]4)C4=CCNC(N)=C4CSSCC(CO)C3O)cc2C2CC(O)C3C(C#CC4(CCCCC3OCCO)CC(c3ccccc3)C3Cc5ccccc5CCC5CCC(O)C4C53)C=C12. The Morgan fingerprint density at radius 2 is 1.68 bits per heavy atom. The van der Waals surface area contributed by atoms with E-state index in [1.807, 2.05) is 24.4 Å². The summed E-state index contributed by atoms with van der Waals surface area (Å²) in [4.78, 5) is 3.40. The van der Waals surface area contributed by atoms with Gasteiger partial charge in [0.2, 0.25) is 0 Å². The first-order chi connectivity index (χ1) is 40.0. The number of rotatable bonds is 10. The highest BCUT2D eigenvalue weighted by atomic mass is 33.1. The lowest BCUT2D eigenvalue weighted by atomic mass is 9.45. The van der Waals surface area contributed by atoms with Gasteiger partial charge in [0.15, 0.2) is 11.5 Å². The molecule has 1 spiro atoms. The van der Waals surface area contributed by atoms with Gasteiger partial charge in [-0.1, -0.05) is 126 Å². The summed E-state index contributed by atoms with van der Waals surface area (Å²) in [6.45, 7) is 2.64. The number of dihydropyridines is 1. The molecule has 10 N–H and O–H groups in total. The molecule has 8 aliphatic rings. The van der Waals surface area contributed by atoms with Crippen molar-refractivity contribution in [3.05, 3.63) is 153 Å². The topological polar surface area (TPSA) is 194 Å². The molecule has 17 unspecified atom stereocenters. The van der Waals surface area contributed by atoms with Crippen molar-refractivity contribution < 1.29 is 40.1 Å². The number of nitrogens with two attached hydrogens (primary N) is 1. The highest BCUT2D eigenvalue weighted by Gasteiger charge is 2.59. The van der Waals surface area contributed by atoms with E-state index in [1.165, 1.54) is 22.3 Å². The Morgan fingerprint density at radius 3 is 2.49 bits per heavy atom. The molecule has 3 heterocycles. The summed E-state index contributed by atoms with van der Waals surface area (Å²) in [6.07, 6.45) is 15.4. The van der Waals surface area contributed by atoms with E-state index >= 15 is 0 Å². The number of aromatic amines is 1. The standard InChI is InChI=1S/C69H87N3O8S2/c1-2-41-29-47-33-59(76)62(80-63-34-48(30-50-15-10-25-71-50)51-22-26-72-68(70)57(51)40-82-81-39-49(38-74)67(63)78)36-53(47)54-35-60(77)65-46(32-52(41)54)21-24-69(23-9-8-16-61(65)79-28-27-73)37-56(43-12-4-3-5-13-43)55-31-45-14-7-6-11-42(45)17-18-44-19-20-58(75)66(69)64(44)55/h3-7,10-15,22,25,32-33,36,41,44,46,48-49,54-56,58,60-61,63-67,71-78H,2,8-9,16-20,23,26-31,34-35,37-40,70H2,1H3. The number of ether oxygens (including phenoxy) is 2. The fourth-order valence-electron chi connectivity index (χ4n) is 17.3. The molecule has 82 heavy (non-hydrogen) atoms. The smallest absolute Gasteiger partial charge is 0.161 e. The zero-order valence-corrected chi connectivity index (χ0v) is 49.4. The Labute approximate surface area is 493 Å². The lowest BCUT2D eigenvalue weighted by molar-refractivity contribution is -0.115. The number of aliphatic hydroxyl groups is 5. The van der Waals surface area contributed by atoms with Crippen molar-refractivity contribution in [1.29, 1.82) is 0 Å². The number of phenolic OH excluding ortho intramolecular Hbond substituents is 1. The van der Waals surface area contributed by atoms with E-state index in [0.717, 1.165) is 98.6 Å². The monoisotopic (exact) mass is 1150 g/mol. The van der Waals surface area contributed by atoms with Crippen LogP contribution in [0.1, 0.15) is 123 Å². The first kappa shape index (κ1) is 57.8. The summed E-state index contributed by atoms with van der Waals surface area (Å²) in [5, 5.41) is 74.8. The number of nitrogens with one attached hydrogen (secondary N) is 2. The Bertz CT molecular complexity index is 3010. The zero-order chi connectivity index (χ0) is 56.5. The minimum atomic E-state index is -1.06. The number of fused-ring (bicyclic) bond motifs is 7. The average Bonchev–Trinajstić information content (AvgIpc) is 2.65. The van der Waals surface area contributed by atoms with Crippen LogP contribution in [0.3, 0.4) is 0 Å². The number of hydrogen-bond acceptors (Lipinski definition) is 12. The number of aromatic nitrogens is 1. The Kier molecular flexibility index (Phi) is 18.0. The molecule has 17 atom stereocenters. The van der Waals surface area contributed by atoms with Gasteiger partial charge in [0.05, 0.1) is 37.6 Å². The van der Waals surface area contributed by atoms with E-state index in [4.69, 9.17) is 15.2 Å². The largest absolute Gasteiger partial charge is 0.504 e. The number of phenols is 1. The number of hydrogen-bond donors (Lipinski definition) is 9. The van der Waals surface area contributed by atoms with Gasteiger partial charge in [-0.25, -0.2) is 0 Å². The summed E-state index contributed by atoms with van der Waals surface area (Å²) in [5.41, 5.74) is 17.0. The maximum Gasteiger partial charge on any atom is 0.161 e. The first-order valence-corrected chi connectivity index (χ1v) is 33.6. The number of aryl methyl sites for hydroxylation is 1. The van der Waals surface area contributed by atoms with E-state index in [1.54, 1.807) is 21.6 Å².